The lowest BCUT2D eigenvalue weighted by atomic mass is 10.0. The highest BCUT2D eigenvalue weighted by molar-refractivity contribution is 5.69. The number of allylic oxidation sites excluding steroid dienone is 1. The van der Waals surface area contributed by atoms with Crippen molar-refractivity contribution in [1.82, 2.24) is 9.55 Å². The summed E-state index contributed by atoms with van der Waals surface area (Å²) in [4.78, 5) is 15.9. The number of carbonyl (C=O) groups is 1. The fourth-order valence-corrected chi connectivity index (χ4v) is 3.94. The smallest absolute Gasteiger partial charge is 0.305 e. The molecule has 0 spiro atoms. The zero-order valence-corrected chi connectivity index (χ0v) is 20.5. The molecule has 2 rings (SSSR count). The highest BCUT2D eigenvalue weighted by Crippen LogP contribution is 2.32. The third-order valence-corrected chi connectivity index (χ3v) is 5.73. The van der Waals surface area contributed by atoms with E-state index in [0.29, 0.717) is 19.3 Å². The van der Waals surface area contributed by atoms with E-state index in [1.807, 2.05) is 56.7 Å². The van der Waals surface area contributed by atoms with Crippen molar-refractivity contribution >= 4 is 12.0 Å². The van der Waals surface area contributed by atoms with Crippen molar-refractivity contribution in [1.29, 1.82) is 0 Å². The van der Waals surface area contributed by atoms with Crippen molar-refractivity contribution in [2.75, 3.05) is 7.11 Å². The first-order valence-electron chi connectivity index (χ1n) is 11.7. The number of hydrogen-bond acceptors (Lipinski definition) is 6. The molecule has 0 aromatic carbocycles. The number of carbonyl (C=O) groups excluding carboxylic acids is 1. The topological polar surface area (TPSA) is 82.8 Å². The summed E-state index contributed by atoms with van der Waals surface area (Å²) in [6.45, 7) is 7.91. The fourth-order valence-electron chi connectivity index (χ4n) is 3.94. The maximum atomic E-state index is 11.2. The van der Waals surface area contributed by atoms with Gasteiger partial charge in [0.2, 0.25) is 0 Å². The Kier molecular flexibility index (Phi) is 10.1. The average Bonchev–Trinajstić information content (AvgIpc) is 3.20. The van der Waals surface area contributed by atoms with E-state index in [-0.39, 0.29) is 18.2 Å². The molecule has 1 aliphatic rings. The molecule has 0 amide bonds. The van der Waals surface area contributed by atoms with Gasteiger partial charge >= 0.3 is 5.97 Å². The van der Waals surface area contributed by atoms with E-state index in [1.54, 1.807) is 0 Å². The molecular formula is C25H40N2O5. The second kappa shape index (κ2) is 12.3. The molecule has 1 unspecified atom stereocenters. The second-order valence-electron chi connectivity index (χ2n) is 8.82. The van der Waals surface area contributed by atoms with Gasteiger partial charge in [0.1, 0.15) is 11.9 Å². The number of methoxy groups -OCH3 is 1. The molecule has 180 valence electrons. The van der Waals surface area contributed by atoms with Gasteiger partial charge < -0.3 is 23.9 Å². The molecule has 2 heterocycles. The average molecular weight is 449 g/mol. The largest absolute Gasteiger partial charge is 0.469 e. The minimum atomic E-state index is -0.679. The van der Waals surface area contributed by atoms with Crippen LogP contribution in [0.5, 0.6) is 0 Å². The van der Waals surface area contributed by atoms with E-state index in [0.717, 1.165) is 42.9 Å². The SMILES string of the molecule is CCCCCC(O)c1c(/C=C/[C@H]2OC(C)(C)O[C@H]2C/C=C\CCC(=O)OC)nc(C)n1C. The summed E-state index contributed by atoms with van der Waals surface area (Å²) in [7, 11) is 3.34. The van der Waals surface area contributed by atoms with Crippen LogP contribution in [-0.2, 0) is 26.1 Å². The number of rotatable bonds is 12. The van der Waals surface area contributed by atoms with E-state index < -0.39 is 11.9 Å². The monoisotopic (exact) mass is 448 g/mol. The molecule has 7 heteroatoms. The predicted molar refractivity (Wildman–Crippen MR) is 125 cm³/mol. The predicted octanol–water partition coefficient (Wildman–Crippen LogP) is 4.78. The fraction of sp³-hybridized carbons (Fsp3) is 0.680. The van der Waals surface area contributed by atoms with Crippen molar-refractivity contribution in [2.45, 2.75) is 96.7 Å². The van der Waals surface area contributed by atoms with Gasteiger partial charge in [-0.1, -0.05) is 44.4 Å². The maximum Gasteiger partial charge on any atom is 0.305 e. The second-order valence-corrected chi connectivity index (χ2v) is 8.82. The molecule has 1 fully saturated rings. The van der Waals surface area contributed by atoms with Gasteiger partial charge in [-0.2, -0.15) is 0 Å². The first-order valence-corrected chi connectivity index (χ1v) is 11.7. The van der Waals surface area contributed by atoms with Crippen molar-refractivity contribution in [3.8, 4) is 0 Å². The van der Waals surface area contributed by atoms with Crippen LogP contribution in [-0.4, -0.2) is 45.7 Å². The zero-order chi connectivity index (χ0) is 23.7. The molecule has 0 bridgehead atoms. The molecule has 1 N–H and O–H groups in total. The number of unbranched alkanes of at least 4 members (excludes halogenated alkanes) is 2. The number of aliphatic hydroxyl groups is 1. The number of aromatic nitrogens is 2. The number of aryl methyl sites for hydroxylation is 1. The van der Waals surface area contributed by atoms with Gasteiger partial charge in [0, 0.05) is 13.5 Å². The Morgan fingerprint density at radius 3 is 2.75 bits per heavy atom. The van der Waals surface area contributed by atoms with Crippen LogP contribution >= 0.6 is 0 Å². The van der Waals surface area contributed by atoms with E-state index in [9.17, 15) is 9.90 Å². The summed E-state index contributed by atoms with van der Waals surface area (Å²) in [6, 6.07) is 0. The van der Waals surface area contributed by atoms with Crippen LogP contribution in [0.3, 0.4) is 0 Å². The van der Waals surface area contributed by atoms with Crippen molar-refractivity contribution in [3.63, 3.8) is 0 Å². The summed E-state index contributed by atoms with van der Waals surface area (Å²) in [5, 5.41) is 10.8. The van der Waals surface area contributed by atoms with Crippen molar-refractivity contribution in [2.24, 2.45) is 7.05 Å². The number of nitrogens with zero attached hydrogens (tertiary/aromatic N) is 2. The molecule has 0 saturated carbocycles. The number of esters is 1. The normalized spacial score (nSPS) is 21.6. The third-order valence-electron chi connectivity index (χ3n) is 5.73. The summed E-state index contributed by atoms with van der Waals surface area (Å²) in [6.07, 6.45) is 12.6. The van der Waals surface area contributed by atoms with E-state index in [1.165, 1.54) is 7.11 Å². The Hall–Kier alpha value is -1.96. The molecular weight excluding hydrogens is 408 g/mol. The van der Waals surface area contributed by atoms with Crippen LogP contribution in [0.4, 0.5) is 0 Å². The quantitative estimate of drug-likeness (QED) is 0.282. The first-order chi connectivity index (χ1) is 15.2. The lowest BCUT2D eigenvalue weighted by Gasteiger charge is -2.16. The van der Waals surface area contributed by atoms with Gasteiger partial charge in [-0.25, -0.2) is 4.98 Å². The van der Waals surface area contributed by atoms with Crippen LogP contribution in [0.15, 0.2) is 18.2 Å². The lowest BCUT2D eigenvalue weighted by Crippen LogP contribution is -2.21. The maximum absolute atomic E-state index is 11.2. The van der Waals surface area contributed by atoms with Crippen LogP contribution < -0.4 is 0 Å². The number of imidazole rings is 1. The first kappa shape index (κ1) is 26.3. The Morgan fingerprint density at radius 1 is 1.31 bits per heavy atom. The minimum absolute atomic E-state index is 0.140. The summed E-state index contributed by atoms with van der Waals surface area (Å²) in [5.41, 5.74) is 1.61. The molecule has 7 nitrogen and oxygen atoms in total. The minimum Gasteiger partial charge on any atom is -0.469 e. The molecule has 0 radical (unpaired) electrons. The van der Waals surface area contributed by atoms with Crippen LogP contribution in [0.1, 0.15) is 89.0 Å². The molecule has 32 heavy (non-hydrogen) atoms. The van der Waals surface area contributed by atoms with Gasteiger partial charge in [-0.15, -0.1) is 0 Å². The summed E-state index contributed by atoms with van der Waals surface area (Å²) < 4.78 is 18.8. The number of aliphatic hydroxyl groups excluding tert-OH is 1. The van der Waals surface area contributed by atoms with E-state index >= 15 is 0 Å². The molecule has 1 saturated heterocycles. The Labute approximate surface area is 192 Å². The van der Waals surface area contributed by atoms with Gasteiger partial charge in [-0.3, -0.25) is 4.79 Å². The van der Waals surface area contributed by atoms with Crippen molar-refractivity contribution in [3.05, 3.63) is 35.4 Å². The standard InChI is InChI=1S/C25H40N2O5/c1-7-8-10-13-20(28)24-19(26-18(2)27(24)5)16-17-22-21(31-25(3,4)32-22)14-11-9-12-15-23(29)30-6/h9,11,16-17,20-22,28H,7-8,10,12-15H2,1-6H3/b11-9-,17-16+/t20?,21-,22+/m0/s1. The molecule has 3 atom stereocenters. The molecule has 0 aliphatic carbocycles. The number of hydrogen-bond donors (Lipinski definition) is 1. The van der Waals surface area contributed by atoms with Crippen LogP contribution in [0.25, 0.3) is 6.08 Å². The van der Waals surface area contributed by atoms with Gasteiger partial charge in [-0.05, 0) is 46.1 Å². The number of ether oxygens (including phenoxy) is 3. The Balaban J connectivity index is 2.08. The van der Waals surface area contributed by atoms with Gasteiger partial charge in [0.15, 0.2) is 5.79 Å². The highest BCUT2D eigenvalue weighted by atomic mass is 16.7. The molecule has 1 aliphatic heterocycles. The Morgan fingerprint density at radius 2 is 2.06 bits per heavy atom. The van der Waals surface area contributed by atoms with E-state index in [2.05, 4.69) is 16.6 Å². The summed E-state index contributed by atoms with van der Waals surface area (Å²) >= 11 is 0. The molecule has 1 aromatic rings. The van der Waals surface area contributed by atoms with Crippen molar-refractivity contribution < 1.29 is 24.1 Å². The van der Waals surface area contributed by atoms with Gasteiger partial charge in [0.25, 0.3) is 0 Å². The summed E-state index contributed by atoms with van der Waals surface area (Å²) in [5.74, 6) is -0.0270. The molecule has 1 aromatic heterocycles. The van der Waals surface area contributed by atoms with E-state index in [4.69, 9.17) is 9.47 Å². The third kappa shape index (κ3) is 7.57. The highest BCUT2D eigenvalue weighted by Gasteiger charge is 2.39. The van der Waals surface area contributed by atoms with Crippen LogP contribution in [0, 0.1) is 6.92 Å². The Bertz CT molecular complexity index is 796. The van der Waals surface area contributed by atoms with Gasteiger partial charge in [0.05, 0.1) is 30.7 Å². The van der Waals surface area contributed by atoms with Crippen LogP contribution in [0.2, 0.25) is 0 Å². The zero-order valence-electron chi connectivity index (χ0n) is 20.5. The lowest BCUT2D eigenvalue weighted by molar-refractivity contribution is -0.142.